The summed E-state index contributed by atoms with van der Waals surface area (Å²) in [6, 6.07) is 9.51. The van der Waals surface area contributed by atoms with Crippen LogP contribution in [-0.4, -0.2) is 144 Å². The third kappa shape index (κ3) is 30.1. The van der Waals surface area contributed by atoms with Crippen molar-refractivity contribution in [2.24, 2.45) is 0 Å². The SMILES string of the molecule is CC(C)OCCOCCOCCOCCOCCOCCOCCOCCOCCOCCNC(=O)OCc1ccccc1. The van der Waals surface area contributed by atoms with Crippen LogP contribution in [0.4, 0.5) is 4.79 Å². The molecular formula is C31H55NO12. The number of amides is 1. The molecule has 0 heterocycles. The summed E-state index contributed by atoms with van der Waals surface area (Å²) in [5, 5.41) is 2.64. The molecule has 0 bridgehead atoms. The van der Waals surface area contributed by atoms with Crippen LogP contribution in [0.5, 0.6) is 0 Å². The van der Waals surface area contributed by atoms with Crippen molar-refractivity contribution in [1.29, 1.82) is 0 Å². The fraction of sp³-hybridized carbons (Fsp3) is 0.774. The summed E-state index contributed by atoms with van der Waals surface area (Å²) >= 11 is 0. The molecule has 0 saturated heterocycles. The lowest BCUT2D eigenvalue weighted by Crippen LogP contribution is -2.28. The van der Waals surface area contributed by atoms with E-state index in [9.17, 15) is 4.79 Å². The van der Waals surface area contributed by atoms with Crippen LogP contribution in [-0.2, 0) is 58.7 Å². The normalized spacial score (nSPS) is 11.3. The Bertz CT molecular complexity index is 729. The van der Waals surface area contributed by atoms with Gasteiger partial charge in [-0.25, -0.2) is 4.79 Å². The highest BCUT2D eigenvalue weighted by atomic mass is 16.6. The summed E-state index contributed by atoms with van der Waals surface area (Å²) in [5.41, 5.74) is 0.939. The van der Waals surface area contributed by atoms with Crippen LogP contribution in [0.3, 0.4) is 0 Å². The fourth-order valence-corrected chi connectivity index (χ4v) is 3.20. The van der Waals surface area contributed by atoms with E-state index in [0.29, 0.717) is 132 Å². The zero-order valence-electron chi connectivity index (χ0n) is 26.7. The van der Waals surface area contributed by atoms with Crippen LogP contribution in [0.25, 0.3) is 0 Å². The first-order valence-electron chi connectivity index (χ1n) is 15.4. The highest BCUT2D eigenvalue weighted by Crippen LogP contribution is 2.00. The first kappa shape index (κ1) is 40.1. The van der Waals surface area contributed by atoms with Crippen LogP contribution < -0.4 is 5.32 Å². The number of ether oxygens (including phenoxy) is 11. The van der Waals surface area contributed by atoms with E-state index in [-0.39, 0.29) is 12.7 Å². The summed E-state index contributed by atoms with van der Waals surface area (Å²) < 4.78 is 59.5. The fourth-order valence-electron chi connectivity index (χ4n) is 3.20. The minimum Gasteiger partial charge on any atom is -0.445 e. The lowest BCUT2D eigenvalue weighted by molar-refractivity contribution is -0.0278. The van der Waals surface area contributed by atoms with Crippen molar-refractivity contribution in [3.8, 4) is 0 Å². The molecule has 0 aliphatic heterocycles. The molecule has 0 unspecified atom stereocenters. The maximum absolute atomic E-state index is 11.6. The molecule has 13 heteroatoms. The second kappa shape index (κ2) is 32.5. The number of rotatable bonds is 33. The van der Waals surface area contributed by atoms with E-state index in [1.807, 2.05) is 44.2 Å². The van der Waals surface area contributed by atoms with Gasteiger partial charge >= 0.3 is 6.09 Å². The van der Waals surface area contributed by atoms with Gasteiger partial charge < -0.3 is 57.4 Å². The van der Waals surface area contributed by atoms with E-state index >= 15 is 0 Å². The average molecular weight is 634 g/mol. The van der Waals surface area contributed by atoms with Crippen LogP contribution >= 0.6 is 0 Å². The van der Waals surface area contributed by atoms with Gasteiger partial charge in [-0.3, -0.25) is 0 Å². The van der Waals surface area contributed by atoms with Crippen molar-refractivity contribution in [1.82, 2.24) is 5.32 Å². The molecular weight excluding hydrogens is 578 g/mol. The maximum atomic E-state index is 11.6. The van der Waals surface area contributed by atoms with E-state index in [4.69, 9.17) is 52.1 Å². The zero-order chi connectivity index (χ0) is 31.6. The number of alkyl carbamates (subject to hydrolysis) is 1. The molecule has 1 aromatic carbocycles. The monoisotopic (exact) mass is 633 g/mol. The highest BCUT2D eigenvalue weighted by molar-refractivity contribution is 5.67. The van der Waals surface area contributed by atoms with Crippen LogP contribution in [0.2, 0.25) is 0 Å². The Morgan fingerprint density at radius 1 is 0.523 bits per heavy atom. The molecule has 44 heavy (non-hydrogen) atoms. The lowest BCUT2D eigenvalue weighted by atomic mass is 10.2. The summed E-state index contributed by atoms with van der Waals surface area (Å²) in [6.45, 7) is 14.2. The molecule has 0 fully saturated rings. The van der Waals surface area contributed by atoms with Crippen molar-refractivity contribution in [3.63, 3.8) is 0 Å². The summed E-state index contributed by atoms with van der Waals surface area (Å²) in [5.74, 6) is 0. The molecule has 1 rings (SSSR count). The van der Waals surface area contributed by atoms with Crippen molar-refractivity contribution >= 4 is 6.09 Å². The van der Waals surface area contributed by atoms with Crippen molar-refractivity contribution in [2.75, 3.05) is 132 Å². The molecule has 1 N–H and O–H groups in total. The highest BCUT2D eigenvalue weighted by Gasteiger charge is 2.02. The number of carbonyl (C=O) groups is 1. The van der Waals surface area contributed by atoms with Gasteiger partial charge in [0, 0.05) is 6.54 Å². The summed E-state index contributed by atoms with van der Waals surface area (Å²) in [7, 11) is 0. The van der Waals surface area contributed by atoms with Gasteiger partial charge in [-0.2, -0.15) is 0 Å². The second-order valence-corrected chi connectivity index (χ2v) is 9.42. The Morgan fingerprint density at radius 2 is 0.864 bits per heavy atom. The van der Waals surface area contributed by atoms with Crippen LogP contribution in [0, 0.1) is 0 Å². The predicted molar refractivity (Wildman–Crippen MR) is 163 cm³/mol. The first-order valence-corrected chi connectivity index (χ1v) is 15.4. The quantitative estimate of drug-likeness (QED) is 0.114. The first-order chi connectivity index (χ1) is 21.7. The standard InChI is InChI=1S/C31H55NO12/c1-29(2)43-27-26-42-25-24-41-23-22-40-21-20-39-19-18-38-17-16-37-15-14-36-13-12-35-11-10-34-9-8-32-31(33)44-28-30-6-4-3-5-7-30/h3-7,29H,8-28H2,1-2H3,(H,32,33). The third-order valence-electron chi connectivity index (χ3n) is 5.38. The zero-order valence-corrected chi connectivity index (χ0v) is 26.7. The van der Waals surface area contributed by atoms with Gasteiger partial charge in [-0.1, -0.05) is 30.3 Å². The molecule has 0 saturated carbocycles. The van der Waals surface area contributed by atoms with Gasteiger partial charge in [0.2, 0.25) is 0 Å². The van der Waals surface area contributed by atoms with Gasteiger partial charge in [0.15, 0.2) is 0 Å². The molecule has 13 nitrogen and oxygen atoms in total. The third-order valence-corrected chi connectivity index (χ3v) is 5.38. The molecule has 0 atom stereocenters. The molecule has 0 radical (unpaired) electrons. The number of nitrogens with one attached hydrogen (secondary N) is 1. The summed E-state index contributed by atoms with van der Waals surface area (Å²) in [6.07, 6.45) is -0.240. The number of hydrogen-bond donors (Lipinski definition) is 1. The van der Waals surface area contributed by atoms with E-state index in [2.05, 4.69) is 5.32 Å². The Kier molecular flexibility index (Phi) is 29.6. The minimum absolute atomic E-state index is 0.228. The topological polar surface area (TPSA) is 131 Å². The Morgan fingerprint density at radius 3 is 1.23 bits per heavy atom. The Labute approximate surface area is 263 Å². The summed E-state index contributed by atoms with van der Waals surface area (Å²) in [4.78, 5) is 11.6. The molecule has 0 spiro atoms. The molecule has 1 amide bonds. The maximum Gasteiger partial charge on any atom is 0.407 e. The number of carbonyl (C=O) groups excluding carboxylic acids is 1. The molecule has 0 aromatic heterocycles. The van der Waals surface area contributed by atoms with Crippen LogP contribution in [0.1, 0.15) is 19.4 Å². The number of benzene rings is 1. The number of hydrogen-bond acceptors (Lipinski definition) is 12. The van der Waals surface area contributed by atoms with Crippen molar-refractivity contribution < 1.29 is 56.9 Å². The molecule has 256 valence electrons. The van der Waals surface area contributed by atoms with Gasteiger partial charge in [0.25, 0.3) is 0 Å². The Hall–Kier alpha value is -1.91. The molecule has 0 aliphatic rings. The van der Waals surface area contributed by atoms with Gasteiger partial charge in [-0.15, -0.1) is 0 Å². The van der Waals surface area contributed by atoms with Gasteiger partial charge in [-0.05, 0) is 19.4 Å². The van der Waals surface area contributed by atoms with Crippen molar-refractivity contribution in [2.45, 2.75) is 26.6 Å². The minimum atomic E-state index is -0.467. The largest absolute Gasteiger partial charge is 0.445 e. The van der Waals surface area contributed by atoms with Crippen LogP contribution in [0.15, 0.2) is 30.3 Å². The average Bonchev–Trinajstić information content (AvgIpc) is 3.03. The smallest absolute Gasteiger partial charge is 0.407 e. The van der Waals surface area contributed by atoms with Gasteiger partial charge in [0.1, 0.15) is 6.61 Å². The van der Waals surface area contributed by atoms with E-state index in [0.717, 1.165) is 5.56 Å². The van der Waals surface area contributed by atoms with Crippen molar-refractivity contribution in [3.05, 3.63) is 35.9 Å². The van der Waals surface area contributed by atoms with E-state index < -0.39 is 6.09 Å². The molecule has 0 aliphatic carbocycles. The lowest BCUT2D eigenvalue weighted by Gasteiger charge is -2.09. The van der Waals surface area contributed by atoms with Gasteiger partial charge in [0.05, 0.1) is 132 Å². The second-order valence-electron chi connectivity index (χ2n) is 9.42. The predicted octanol–water partition coefficient (Wildman–Crippen LogP) is 2.49. The molecule has 1 aromatic rings. The Balaban J connectivity index is 1.65. The van der Waals surface area contributed by atoms with E-state index in [1.54, 1.807) is 0 Å². The van der Waals surface area contributed by atoms with E-state index in [1.165, 1.54) is 0 Å².